The molecule has 1 aromatic carbocycles. The van der Waals surface area contributed by atoms with Crippen molar-refractivity contribution in [2.45, 2.75) is 26.8 Å². The SMILES string of the molecule is Cc1cnn(Cc2ccc(Cc3cc(C)ncn3)cc2)c1. The minimum absolute atomic E-state index is 0.806. The molecule has 0 radical (unpaired) electrons. The van der Waals surface area contributed by atoms with Crippen LogP contribution in [0.1, 0.15) is 28.1 Å². The average molecular weight is 278 g/mol. The van der Waals surface area contributed by atoms with Crippen LogP contribution in [0.15, 0.2) is 49.1 Å². The van der Waals surface area contributed by atoms with Crippen LogP contribution in [0.5, 0.6) is 0 Å². The van der Waals surface area contributed by atoms with Gasteiger partial charge in [0, 0.05) is 24.0 Å². The second kappa shape index (κ2) is 5.87. The fourth-order valence-corrected chi connectivity index (χ4v) is 2.32. The molecule has 0 aliphatic heterocycles. The highest BCUT2D eigenvalue weighted by Gasteiger charge is 2.01. The van der Waals surface area contributed by atoms with E-state index in [1.807, 2.05) is 23.9 Å². The van der Waals surface area contributed by atoms with Gasteiger partial charge in [-0.1, -0.05) is 24.3 Å². The quantitative estimate of drug-likeness (QED) is 0.737. The van der Waals surface area contributed by atoms with Crippen molar-refractivity contribution >= 4 is 0 Å². The molecular weight excluding hydrogens is 260 g/mol. The maximum atomic E-state index is 4.31. The maximum absolute atomic E-state index is 4.31. The Morgan fingerprint density at radius 3 is 2.43 bits per heavy atom. The normalized spacial score (nSPS) is 10.8. The van der Waals surface area contributed by atoms with E-state index in [9.17, 15) is 0 Å². The first-order valence-electron chi connectivity index (χ1n) is 7.03. The first-order chi connectivity index (χ1) is 10.2. The molecule has 0 aliphatic carbocycles. The predicted octanol–water partition coefficient (Wildman–Crippen LogP) is 2.93. The van der Waals surface area contributed by atoms with Gasteiger partial charge in [0.1, 0.15) is 6.33 Å². The lowest BCUT2D eigenvalue weighted by atomic mass is 10.1. The van der Waals surface area contributed by atoms with Crippen LogP contribution >= 0.6 is 0 Å². The molecule has 2 aromatic heterocycles. The third-order valence-corrected chi connectivity index (χ3v) is 3.38. The summed E-state index contributed by atoms with van der Waals surface area (Å²) in [7, 11) is 0. The van der Waals surface area contributed by atoms with E-state index in [2.05, 4.69) is 52.5 Å². The summed E-state index contributed by atoms with van der Waals surface area (Å²) in [6.07, 6.45) is 6.40. The van der Waals surface area contributed by atoms with Crippen molar-refractivity contribution in [3.05, 3.63) is 77.1 Å². The summed E-state index contributed by atoms with van der Waals surface area (Å²) in [6, 6.07) is 10.6. The molecular formula is C17H18N4. The molecule has 0 atom stereocenters. The molecule has 0 aliphatic rings. The molecule has 0 bridgehead atoms. The van der Waals surface area contributed by atoms with E-state index >= 15 is 0 Å². The van der Waals surface area contributed by atoms with Crippen LogP contribution in [0.4, 0.5) is 0 Å². The topological polar surface area (TPSA) is 43.6 Å². The Kier molecular flexibility index (Phi) is 3.77. The van der Waals surface area contributed by atoms with Crippen molar-refractivity contribution < 1.29 is 0 Å². The maximum Gasteiger partial charge on any atom is 0.115 e. The van der Waals surface area contributed by atoms with Gasteiger partial charge in [0.15, 0.2) is 0 Å². The minimum Gasteiger partial charge on any atom is -0.268 e. The van der Waals surface area contributed by atoms with Gasteiger partial charge in [-0.25, -0.2) is 9.97 Å². The van der Waals surface area contributed by atoms with E-state index in [1.54, 1.807) is 6.33 Å². The lowest BCUT2D eigenvalue weighted by Crippen LogP contribution is -2.00. The fourth-order valence-electron chi connectivity index (χ4n) is 2.32. The molecule has 21 heavy (non-hydrogen) atoms. The molecule has 106 valence electrons. The van der Waals surface area contributed by atoms with E-state index in [-0.39, 0.29) is 0 Å². The van der Waals surface area contributed by atoms with Gasteiger partial charge in [-0.2, -0.15) is 5.10 Å². The number of benzene rings is 1. The molecule has 2 heterocycles. The number of hydrogen-bond donors (Lipinski definition) is 0. The number of rotatable bonds is 4. The lowest BCUT2D eigenvalue weighted by Gasteiger charge is -2.05. The summed E-state index contributed by atoms with van der Waals surface area (Å²) in [5, 5.41) is 4.31. The lowest BCUT2D eigenvalue weighted by molar-refractivity contribution is 0.686. The summed E-state index contributed by atoms with van der Waals surface area (Å²) in [5.41, 5.74) is 5.75. The third-order valence-electron chi connectivity index (χ3n) is 3.38. The van der Waals surface area contributed by atoms with Crippen molar-refractivity contribution in [1.82, 2.24) is 19.7 Å². The Morgan fingerprint density at radius 1 is 1.00 bits per heavy atom. The molecule has 0 spiro atoms. The predicted molar refractivity (Wildman–Crippen MR) is 82.1 cm³/mol. The first-order valence-corrected chi connectivity index (χ1v) is 7.03. The summed E-state index contributed by atoms with van der Waals surface area (Å²) >= 11 is 0. The van der Waals surface area contributed by atoms with Crippen LogP contribution in [0.2, 0.25) is 0 Å². The van der Waals surface area contributed by atoms with Crippen LogP contribution in [0, 0.1) is 13.8 Å². The van der Waals surface area contributed by atoms with Gasteiger partial charge in [0.05, 0.1) is 12.7 Å². The third kappa shape index (κ3) is 3.54. The van der Waals surface area contributed by atoms with Crippen molar-refractivity contribution in [2.24, 2.45) is 0 Å². The Bertz CT molecular complexity index is 729. The zero-order valence-electron chi connectivity index (χ0n) is 12.3. The summed E-state index contributed by atoms with van der Waals surface area (Å²) < 4.78 is 1.96. The highest BCUT2D eigenvalue weighted by Crippen LogP contribution is 2.11. The molecule has 0 N–H and O–H groups in total. The highest BCUT2D eigenvalue weighted by molar-refractivity contribution is 5.26. The zero-order valence-corrected chi connectivity index (χ0v) is 12.3. The van der Waals surface area contributed by atoms with Gasteiger partial charge in [-0.3, -0.25) is 4.68 Å². The first kappa shape index (κ1) is 13.5. The standard InChI is InChI=1S/C17H18N4/c1-13-9-20-21(10-13)11-16-5-3-15(4-6-16)8-17-7-14(2)18-12-19-17/h3-7,9-10,12H,8,11H2,1-2H3. The van der Waals surface area contributed by atoms with Crippen LogP contribution in [0.3, 0.4) is 0 Å². The molecule has 0 unspecified atom stereocenters. The van der Waals surface area contributed by atoms with E-state index in [1.165, 1.54) is 16.7 Å². The number of nitrogens with zero attached hydrogens (tertiary/aromatic N) is 4. The number of hydrogen-bond acceptors (Lipinski definition) is 3. The van der Waals surface area contributed by atoms with Crippen molar-refractivity contribution in [1.29, 1.82) is 0 Å². The highest BCUT2D eigenvalue weighted by atomic mass is 15.3. The monoisotopic (exact) mass is 278 g/mol. The van der Waals surface area contributed by atoms with Gasteiger partial charge in [0.2, 0.25) is 0 Å². The molecule has 0 fully saturated rings. The van der Waals surface area contributed by atoms with Crippen LogP contribution < -0.4 is 0 Å². The zero-order chi connectivity index (χ0) is 14.7. The van der Waals surface area contributed by atoms with Crippen molar-refractivity contribution in [3.8, 4) is 0 Å². The van der Waals surface area contributed by atoms with Gasteiger partial charge < -0.3 is 0 Å². The van der Waals surface area contributed by atoms with Crippen LogP contribution in [-0.4, -0.2) is 19.7 Å². The number of aromatic nitrogens is 4. The fraction of sp³-hybridized carbons (Fsp3) is 0.235. The minimum atomic E-state index is 0.806. The summed E-state index contributed by atoms with van der Waals surface area (Å²) in [4.78, 5) is 8.43. The molecule has 4 heteroatoms. The average Bonchev–Trinajstić information content (AvgIpc) is 2.86. The molecule has 0 saturated carbocycles. The summed E-state index contributed by atoms with van der Waals surface area (Å²) in [6.45, 7) is 4.84. The second-order valence-corrected chi connectivity index (χ2v) is 5.36. The Balaban J connectivity index is 1.69. The van der Waals surface area contributed by atoms with E-state index < -0.39 is 0 Å². The number of aryl methyl sites for hydroxylation is 2. The molecule has 0 amide bonds. The van der Waals surface area contributed by atoms with Gasteiger partial charge >= 0.3 is 0 Å². The Morgan fingerprint density at radius 2 is 1.76 bits per heavy atom. The van der Waals surface area contributed by atoms with E-state index in [0.29, 0.717) is 0 Å². The van der Waals surface area contributed by atoms with Gasteiger partial charge in [0.25, 0.3) is 0 Å². The molecule has 4 nitrogen and oxygen atoms in total. The molecule has 3 rings (SSSR count). The largest absolute Gasteiger partial charge is 0.268 e. The molecule has 3 aromatic rings. The van der Waals surface area contributed by atoms with Gasteiger partial charge in [-0.15, -0.1) is 0 Å². The van der Waals surface area contributed by atoms with Crippen molar-refractivity contribution in [2.75, 3.05) is 0 Å². The van der Waals surface area contributed by atoms with Crippen LogP contribution in [-0.2, 0) is 13.0 Å². The van der Waals surface area contributed by atoms with E-state index in [0.717, 1.165) is 24.4 Å². The van der Waals surface area contributed by atoms with Crippen LogP contribution in [0.25, 0.3) is 0 Å². The Hall–Kier alpha value is -2.49. The smallest absolute Gasteiger partial charge is 0.115 e. The second-order valence-electron chi connectivity index (χ2n) is 5.36. The summed E-state index contributed by atoms with van der Waals surface area (Å²) in [5.74, 6) is 0. The molecule has 0 saturated heterocycles. The van der Waals surface area contributed by atoms with E-state index in [4.69, 9.17) is 0 Å². The van der Waals surface area contributed by atoms with Gasteiger partial charge in [-0.05, 0) is 36.6 Å². The Labute approximate surface area is 124 Å². The van der Waals surface area contributed by atoms with Crippen molar-refractivity contribution in [3.63, 3.8) is 0 Å².